The Labute approximate surface area is 144 Å². The lowest BCUT2D eigenvalue weighted by atomic mass is 10.0. The zero-order valence-corrected chi connectivity index (χ0v) is 15.3. The van der Waals surface area contributed by atoms with Crippen LogP contribution in [-0.2, 0) is 6.42 Å². The Hall–Kier alpha value is -2.01. The maximum atomic E-state index is 13.0. The van der Waals surface area contributed by atoms with E-state index >= 15 is 0 Å². The Morgan fingerprint density at radius 3 is 2.54 bits per heavy atom. The average molecular weight is 332 g/mol. The number of methoxy groups -OCH3 is 2. The van der Waals surface area contributed by atoms with Crippen LogP contribution >= 0.6 is 0 Å². The summed E-state index contributed by atoms with van der Waals surface area (Å²) in [5, 5.41) is 0. The van der Waals surface area contributed by atoms with Crippen LogP contribution in [0.25, 0.3) is 0 Å². The Bertz CT molecular complexity index is 613. The smallest absolute Gasteiger partial charge is 0.254 e. The Morgan fingerprint density at radius 1 is 1.33 bits per heavy atom. The van der Waals surface area contributed by atoms with Crippen molar-refractivity contribution in [1.82, 2.24) is 9.80 Å². The molecule has 1 aromatic carbocycles. The van der Waals surface area contributed by atoms with Crippen LogP contribution in [0.2, 0.25) is 0 Å². The van der Waals surface area contributed by atoms with Gasteiger partial charge in [0.05, 0.1) is 14.2 Å². The molecule has 1 fully saturated rings. The molecule has 5 nitrogen and oxygen atoms in total. The Morgan fingerprint density at radius 2 is 2.04 bits per heavy atom. The summed E-state index contributed by atoms with van der Waals surface area (Å²) in [7, 11) is 7.32. The summed E-state index contributed by atoms with van der Waals surface area (Å²) in [5.74, 6) is 1.74. The lowest BCUT2D eigenvalue weighted by Gasteiger charge is -2.22. The lowest BCUT2D eigenvalue weighted by molar-refractivity contribution is 0.0781. The quantitative estimate of drug-likeness (QED) is 0.751. The number of carbonyl (C=O) groups is 1. The standard InChI is InChI=1S/C19H28N2O3/c1-7-8-14-9-15(10-17(23-5)18(14)24-6)19(22)21-11-13(2)16(12-21)20(3)4/h7,9-10,13,16H,1,8,11-12H2,2-6H3/t13-,16+/m0/s1. The fourth-order valence-corrected chi connectivity index (χ4v) is 3.44. The molecule has 0 unspecified atom stereocenters. The van der Waals surface area contributed by atoms with Gasteiger partial charge in [0, 0.05) is 30.3 Å². The zero-order valence-electron chi connectivity index (χ0n) is 15.3. The van der Waals surface area contributed by atoms with E-state index in [1.54, 1.807) is 26.4 Å². The van der Waals surface area contributed by atoms with Crippen LogP contribution in [0.4, 0.5) is 0 Å². The fourth-order valence-electron chi connectivity index (χ4n) is 3.44. The first-order chi connectivity index (χ1) is 11.4. The van der Waals surface area contributed by atoms with Crippen molar-refractivity contribution in [2.45, 2.75) is 19.4 Å². The molecule has 1 aliphatic heterocycles. The van der Waals surface area contributed by atoms with Gasteiger partial charge < -0.3 is 19.3 Å². The third-order valence-corrected chi connectivity index (χ3v) is 4.69. The van der Waals surface area contributed by atoms with Crippen LogP contribution in [0, 0.1) is 5.92 Å². The second kappa shape index (κ2) is 7.71. The molecule has 0 N–H and O–H groups in total. The van der Waals surface area contributed by atoms with Crippen molar-refractivity contribution in [1.29, 1.82) is 0 Å². The van der Waals surface area contributed by atoms with Gasteiger partial charge in [-0.15, -0.1) is 6.58 Å². The van der Waals surface area contributed by atoms with E-state index in [9.17, 15) is 4.79 Å². The van der Waals surface area contributed by atoms with Crippen molar-refractivity contribution in [2.24, 2.45) is 5.92 Å². The highest BCUT2D eigenvalue weighted by Gasteiger charge is 2.34. The van der Waals surface area contributed by atoms with E-state index in [0.717, 1.165) is 18.7 Å². The number of benzene rings is 1. The van der Waals surface area contributed by atoms with Gasteiger partial charge in [-0.3, -0.25) is 4.79 Å². The molecule has 0 radical (unpaired) electrons. The van der Waals surface area contributed by atoms with E-state index in [1.165, 1.54) is 0 Å². The number of hydrogen-bond acceptors (Lipinski definition) is 4. The number of nitrogens with zero attached hydrogens (tertiary/aromatic N) is 2. The van der Waals surface area contributed by atoms with Crippen molar-refractivity contribution in [3.63, 3.8) is 0 Å². The van der Waals surface area contributed by atoms with Gasteiger partial charge >= 0.3 is 0 Å². The summed E-state index contributed by atoms with van der Waals surface area (Å²) >= 11 is 0. The highest BCUT2D eigenvalue weighted by molar-refractivity contribution is 5.95. The second-order valence-corrected chi connectivity index (χ2v) is 6.58. The number of likely N-dealkylation sites (N-methyl/N-ethyl adjacent to an activating group) is 1. The number of rotatable bonds is 6. The minimum atomic E-state index is 0.0393. The van der Waals surface area contributed by atoms with Crippen LogP contribution in [0.1, 0.15) is 22.8 Å². The molecule has 132 valence electrons. The largest absolute Gasteiger partial charge is 0.493 e. The molecule has 2 atom stereocenters. The first-order valence-electron chi connectivity index (χ1n) is 8.24. The average Bonchev–Trinajstić information content (AvgIpc) is 2.95. The molecule has 0 saturated carbocycles. The minimum Gasteiger partial charge on any atom is -0.493 e. The number of carbonyl (C=O) groups excluding carboxylic acids is 1. The van der Waals surface area contributed by atoms with Crippen LogP contribution in [0.15, 0.2) is 24.8 Å². The topological polar surface area (TPSA) is 42.0 Å². The van der Waals surface area contributed by atoms with Gasteiger partial charge in [-0.2, -0.15) is 0 Å². The van der Waals surface area contributed by atoms with Gasteiger partial charge in [0.15, 0.2) is 11.5 Å². The van der Waals surface area contributed by atoms with Crippen molar-refractivity contribution in [2.75, 3.05) is 41.4 Å². The van der Waals surface area contributed by atoms with E-state index < -0.39 is 0 Å². The maximum Gasteiger partial charge on any atom is 0.254 e. The van der Waals surface area contributed by atoms with E-state index in [2.05, 4.69) is 32.5 Å². The van der Waals surface area contributed by atoms with Crippen LogP contribution < -0.4 is 9.47 Å². The summed E-state index contributed by atoms with van der Waals surface area (Å²) in [6.07, 6.45) is 2.42. The molecule has 24 heavy (non-hydrogen) atoms. The van der Waals surface area contributed by atoms with E-state index in [0.29, 0.717) is 35.4 Å². The Balaban J connectivity index is 2.33. The highest BCUT2D eigenvalue weighted by Crippen LogP contribution is 2.34. The third-order valence-electron chi connectivity index (χ3n) is 4.69. The molecule has 1 aliphatic rings. The van der Waals surface area contributed by atoms with Gasteiger partial charge in [-0.1, -0.05) is 13.0 Å². The van der Waals surface area contributed by atoms with Gasteiger partial charge in [-0.05, 0) is 38.6 Å². The zero-order chi connectivity index (χ0) is 17.9. The molecular weight excluding hydrogens is 304 g/mol. The minimum absolute atomic E-state index is 0.0393. The molecule has 2 rings (SSSR count). The predicted molar refractivity (Wildman–Crippen MR) is 96.0 cm³/mol. The number of hydrogen-bond donors (Lipinski definition) is 0. The monoisotopic (exact) mass is 332 g/mol. The predicted octanol–water partition coefficient (Wildman–Crippen LogP) is 2.45. The van der Waals surface area contributed by atoms with Crippen molar-refractivity contribution < 1.29 is 14.3 Å². The van der Waals surface area contributed by atoms with Crippen LogP contribution in [0.3, 0.4) is 0 Å². The Kier molecular flexibility index (Phi) is 5.89. The molecular formula is C19H28N2O3. The van der Waals surface area contributed by atoms with Crippen molar-refractivity contribution in [3.8, 4) is 11.5 Å². The molecule has 0 spiro atoms. The maximum absolute atomic E-state index is 13.0. The first kappa shape index (κ1) is 18.3. The lowest BCUT2D eigenvalue weighted by Crippen LogP contribution is -2.35. The molecule has 5 heteroatoms. The summed E-state index contributed by atoms with van der Waals surface area (Å²) in [6, 6.07) is 4.04. The van der Waals surface area contributed by atoms with Gasteiger partial charge in [-0.25, -0.2) is 0 Å². The summed E-state index contributed by atoms with van der Waals surface area (Å²) < 4.78 is 10.9. The van der Waals surface area contributed by atoms with Crippen LogP contribution in [-0.4, -0.2) is 63.2 Å². The molecule has 1 aromatic rings. The van der Waals surface area contributed by atoms with Gasteiger partial charge in [0.2, 0.25) is 0 Å². The molecule has 0 aromatic heterocycles. The van der Waals surface area contributed by atoms with Gasteiger partial charge in [0.25, 0.3) is 5.91 Å². The fraction of sp³-hybridized carbons (Fsp3) is 0.526. The van der Waals surface area contributed by atoms with E-state index in [1.807, 2.05) is 11.0 Å². The van der Waals surface area contributed by atoms with Gasteiger partial charge in [0.1, 0.15) is 0 Å². The normalized spacial score (nSPS) is 20.3. The number of ether oxygens (including phenoxy) is 2. The number of amides is 1. The van der Waals surface area contributed by atoms with Crippen molar-refractivity contribution in [3.05, 3.63) is 35.9 Å². The summed E-state index contributed by atoms with van der Waals surface area (Å²) in [5.41, 5.74) is 1.54. The first-order valence-corrected chi connectivity index (χ1v) is 8.24. The molecule has 0 aliphatic carbocycles. The number of allylic oxidation sites excluding steroid dienone is 1. The molecule has 0 bridgehead atoms. The second-order valence-electron chi connectivity index (χ2n) is 6.58. The third kappa shape index (κ3) is 3.56. The molecule has 1 amide bonds. The SMILES string of the molecule is C=CCc1cc(C(=O)N2C[C@@H](N(C)C)[C@@H](C)C2)cc(OC)c1OC. The summed E-state index contributed by atoms with van der Waals surface area (Å²) in [4.78, 5) is 17.1. The van der Waals surface area contributed by atoms with E-state index in [-0.39, 0.29) is 5.91 Å². The number of likely N-dealkylation sites (tertiary alicyclic amines) is 1. The summed E-state index contributed by atoms with van der Waals surface area (Å²) in [6.45, 7) is 7.49. The van der Waals surface area contributed by atoms with Crippen molar-refractivity contribution >= 4 is 5.91 Å². The molecule has 1 saturated heterocycles. The molecule has 1 heterocycles. The van der Waals surface area contributed by atoms with E-state index in [4.69, 9.17) is 9.47 Å². The highest BCUT2D eigenvalue weighted by atomic mass is 16.5. The van der Waals surface area contributed by atoms with Crippen LogP contribution in [0.5, 0.6) is 11.5 Å².